The second-order valence-corrected chi connectivity index (χ2v) is 6.71. The summed E-state index contributed by atoms with van der Waals surface area (Å²) in [5.41, 5.74) is 4.93. The Hall–Kier alpha value is -2.09. The van der Waals surface area contributed by atoms with Gasteiger partial charge < -0.3 is 4.84 Å². The number of nitrogens with zero attached hydrogens (tertiary/aromatic N) is 1. The molecule has 0 aromatic heterocycles. The van der Waals surface area contributed by atoms with Gasteiger partial charge in [-0.05, 0) is 29.0 Å². The van der Waals surface area contributed by atoms with E-state index >= 15 is 0 Å². The Morgan fingerprint density at radius 3 is 2.14 bits per heavy atom. The minimum absolute atomic E-state index is 0.195. The summed E-state index contributed by atoms with van der Waals surface area (Å²) in [5, 5.41) is 4.20. The first-order valence-electron chi connectivity index (χ1n) is 7.74. The zero-order chi connectivity index (χ0) is 16.0. The van der Waals surface area contributed by atoms with Crippen LogP contribution < -0.4 is 0 Å². The molecule has 0 atom stereocenters. The summed E-state index contributed by atoms with van der Waals surface area (Å²) in [7, 11) is 0. The van der Waals surface area contributed by atoms with Crippen LogP contribution in [0.3, 0.4) is 0 Å². The van der Waals surface area contributed by atoms with Crippen molar-refractivity contribution in [2.24, 2.45) is 5.16 Å². The smallest absolute Gasteiger partial charge is 0.142 e. The molecule has 2 rings (SSSR count). The SMILES string of the molecule is C/C(Cc1ccc(C(C)(C)C)cc1)=N\OCc1ccccc1. The molecule has 0 fully saturated rings. The van der Waals surface area contributed by atoms with Gasteiger partial charge in [-0.25, -0.2) is 0 Å². The van der Waals surface area contributed by atoms with Crippen molar-refractivity contribution in [2.45, 2.75) is 46.1 Å². The number of hydrogen-bond donors (Lipinski definition) is 0. The number of oxime groups is 1. The molecule has 0 unspecified atom stereocenters. The van der Waals surface area contributed by atoms with Crippen molar-refractivity contribution in [2.75, 3.05) is 0 Å². The fourth-order valence-electron chi connectivity index (χ4n) is 2.24. The van der Waals surface area contributed by atoms with Crippen molar-refractivity contribution in [3.63, 3.8) is 0 Å². The van der Waals surface area contributed by atoms with Crippen LogP contribution in [-0.2, 0) is 23.3 Å². The zero-order valence-electron chi connectivity index (χ0n) is 14.0. The lowest BCUT2D eigenvalue weighted by Gasteiger charge is -2.19. The van der Waals surface area contributed by atoms with Gasteiger partial charge in [-0.1, -0.05) is 80.5 Å². The maximum atomic E-state index is 5.42. The van der Waals surface area contributed by atoms with Crippen LogP contribution in [0.5, 0.6) is 0 Å². The Bertz CT molecular complexity index is 606. The van der Waals surface area contributed by atoms with Gasteiger partial charge in [0.1, 0.15) is 6.61 Å². The van der Waals surface area contributed by atoms with E-state index in [1.165, 1.54) is 11.1 Å². The summed E-state index contributed by atoms with van der Waals surface area (Å²) in [5.74, 6) is 0. The largest absolute Gasteiger partial charge is 0.391 e. The quantitative estimate of drug-likeness (QED) is 0.554. The standard InChI is InChI=1S/C20H25NO/c1-16(21-22-15-18-8-6-5-7-9-18)14-17-10-12-19(13-11-17)20(2,3)4/h5-13H,14-15H2,1-4H3/b21-16+. The third-order valence-corrected chi connectivity index (χ3v) is 3.57. The van der Waals surface area contributed by atoms with Crippen LogP contribution in [0.15, 0.2) is 59.8 Å². The molecule has 2 heteroatoms. The summed E-state index contributed by atoms with van der Waals surface area (Å²) in [4.78, 5) is 5.42. The van der Waals surface area contributed by atoms with E-state index in [2.05, 4.69) is 50.2 Å². The second-order valence-electron chi connectivity index (χ2n) is 6.71. The lowest BCUT2D eigenvalue weighted by molar-refractivity contribution is 0.130. The summed E-state index contributed by atoms with van der Waals surface area (Å²) >= 11 is 0. The molecule has 0 spiro atoms. The van der Waals surface area contributed by atoms with Gasteiger partial charge in [0.25, 0.3) is 0 Å². The Kier molecular flexibility index (Phi) is 5.37. The topological polar surface area (TPSA) is 21.6 Å². The molecule has 2 aromatic carbocycles. The zero-order valence-corrected chi connectivity index (χ0v) is 14.0. The molecule has 2 nitrogen and oxygen atoms in total. The summed E-state index contributed by atoms with van der Waals surface area (Å²) in [6, 6.07) is 18.8. The first kappa shape index (κ1) is 16.3. The van der Waals surface area contributed by atoms with E-state index in [1.807, 2.05) is 37.3 Å². The molecule has 0 aliphatic heterocycles. The van der Waals surface area contributed by atoms with E-state index in [1.54, 1.807) is 0 Å². The highest BCUT2D eigenvalue weighted by molar-refractivity contribution is 5.83. The predicted octanol–water partition coefficient (Wildman–Crippen LogP) is 5.12. The maximum Gasteiger partial charge on any atom is 0.142 e. The first-order valence-corrected chi connectivity index (χ1v) is 7.74. The molecule has 116 valence electrons. The van der Waals surface area contributed by atoms with Crippen LogP contribution in [0.2, 0.25) is 0 Å². The van der Waals surface area contributed by atoms with E-state index in [9.17, 15) is 0 Å². The molecule has 0 bridgehead atoms. The Balaban J connectivity index is 1.88. The van der Waals surface area contributed by atoms with Gasteiger partial charge in [0.2, 0.25) is 0 Å². The monoisotopic (exact) mass is 295 g/mol. The Morgan fingerprint density at radius 2 is 1.55 bits per heavy atom. The Labute approximate surface area is 133 Å². The molecule has 0 radical (unpaired) electrons. The van der Waals surface area contributed by atoms with Crippen LogP contribution in [0.1, 0.15) is 44.4 Å². The highest BCUT2D eigenvalue weighted by Gasteiger charge is 2.12. The normalized spacial score (nSPS) is 12.3. The molecule has 0 saturated carbocycles. The summed E-state index contributed by atoms with van der Waals surface area (Å²) < 4.78 is 0. The highest BCUT2D eigenvalue weighted by Crippen LogP contribution is 2.22. The molecule has 2 aromatic rings. The Morgan fingerprint density at radius 1 is 0.909 bits per heavy atom. The average molecular weight is 295 g/mol. The molecular weight excluding hydrogens is 270 g/mol. The van der Waals surface area contributed by atoms with Gasteiger partial charge in [0.15, 0.2) is 0 Å². The van der Waals surface area contributed by atoms with E-state index in [-0.39, 0.29) is 5.41 Å². The van der Waals surface area contributed by atoms with Gasteiger partial charge >= 0.3 is 0 Å². The molecule has 0 heterocycles. The predicted molar refractivity (Wildman–Crippen MR) is 93.2 cm³/mol. The minimum atomic E-state index is 0.195. The van der Waals surface area contributed by atoms with Crippen LogP contribution >= 0.6 is 0 Å². The molecule has 22 heavy (non-hydrogen) atoms. The van der Waals surface area contributed by atoms with Gasteiger partial charge in [0.05, 0.1) is 5.71 Å². The van der Waals surface area contributed by atoms with Gasteiger partial charge in [-0.3, -0.25) is 0 Å². The van der Waals surface area contributed by atoms with Crippen molar-refractivity contribution < 1.29 is 4.84 Å². The third kappa shape index (κ3) is 5.03. The number of hydrogen-bond acceptors (Lipinski definition) is 2. The van der Waals surface area contributed by atoms with E-state index in [0.717, 1.165) is 17.7 Å². The first-order chi connectivity index (χ1) is 10.4. The molecule has 0 aliphatic rings. The lowest BCUT2D eigenvalue weighted by Crippen LogP contribution is -2.11. The fourth-order valence-corrected chi connectivity index (χ4v) is 2.24. The number of rotatable bonds is 5. The van der Waals surface area contributed by atoms with Gasteiger partial charge in [-0.15, -0.1) is 0 Å². The number of benzene rings is 2. The maximum absolute atomic E-state index is 5.42. The lowest BCUT2D eigenvalue weighted by atomic mass is 9.86. The van der Waals surface area contributed by atoms with Crippen LogP contribution in [0, 0.1) is 0 Å². The van der Waals surface area contributed by atoms with Crippen molar-refractivity contribution >= 4 is 5.71 Å². The fraction of sp³-hybridized carbons (Fsp3) is 0.350. The van der Waals surface area contributed by atoms with Crippen LogP contribution in [0.25, 0.3) is 0 Å². The van der Waals surface area contributed by atoms with E-state index < -0.39 is 0 Å². The van der Waals surface area contributed by atoms with E-state index in [0.29, 0.717) is 6.61 Å². The third-order valence-electron chi connectivity index (χ3n) is 3.57. The summed E-state index contributed by atoms with van der Waals surface area (Å²) in [6.45, 7) is 9.20. The van der Waals surface area contributed by atoms with Gasteiger partial charge in [0, 0.05) is 6.42 Å². The highest BCUT2D eigenvalue weighted by atomic mass is 16.6. The van der Waals surface area contributed by atoms with Crippen molar-refractivity contribution in [3.8, 4) is 0 Å². The summed E-state index contributed by atoms with van der Waals surface area (Å²) in [6.07, 6.45) is 0.819. The van der Waals surface area contributed by atoms with Crippen LogP contribution in [-0.4, -0.2) is 5.71 Å². The van der Waals surface area contributed by atoms with Crippen molar-refractivity contribution in [1.29, 1.82) is 0 Å². The van der Waals surface area contributed by atoms with E-state index in [4.69, 9.17) is 4.84 Å². The molecule has 0 amide bonds. The average Bonchev–Trinajstić information content (AvgIpc) is 2.48. The molecule has 0 N–H and O–H groups in total. The van der Waals surface area contributed by atoms with Gasteiger partial charge in [-0.2, -0.15) is 0 Å². The van der Waals surface area contributed by atoms with Crippen molar-refractivity contribution in [3.05, 3.63) is 71.3 Å². The van der Waals surface area contributed by atoms with Crippen LogP contribution in [0.4, 0.5) is 0 Å². The minimum Gasteiger partial charge on any atom is -0.391 e. The van der Waals surface area contributed by atoms with Crippen molar-refractivity contribution in [1.82, 2.24) is 0 Å². The molecule has 0 saturated heterocycles. The second kappa shape index (κ2) is 7.26. The molecule has 0 aliphatic carbocycles. The molecular formula is C20H25NO.